The van der Waals surface area contributed by atoms with Gasteiger partial charge in [-0.3, -0.25) is 10.3 Å². The molecular weight excluding hydrogens is 312 g/mol. The first-order valence-corrected chi connectivity index (χ1v) is 9.05. The lowest BCUT2D eigenvalue weighted by Crippen LogP contribution is -2.38. The molecule has 2 N–H and O–H groups in total. The number of phenols is 1. The first kappa shape index (κ1) is 17.5. The highest BCUT2D eigenvalue weighted by Gasteiger charge is 2.26. The van der Waals surface area contributed by atoms with Crippen LogP contribution in [-0.2, 0) is 0 Å². The molecule has 0 saturated heterocycles. The quantitative estimate of drug-likeness (QED) is 0.818. The van der Waals surface area contributed by atoms with E-state index in [9.17, 15) is 5.11 Å². The van der Waals surface area contributed by atoms with Crippen LogP contribution in [0.3, 0.4) is 0 Å². The third-order valence-electron chi connectivity index (χ3n) is 4.48. The van der Waals surface area contributed by atoms with E-state index in [4.69, 9.17) is 9.73 Å². The SMILES string of the molecule is CCC[C@@H]1N=C(c2ccc(OCC)cc2)C[C@@H](c2ccccc2O)N1. The van der Waals surface area contributed by atoms with E-state index < -0.39 is 0 Å². The van der Waals surface area contributed by atoms with Gasteiger partial charge in [0.05, 0.1) is 6.61 Å². The molecule has 2 aromatic rings. The minimum Gasteiger partial charge on any atom is -0.508 e. The van der Waals surface area contributed by atoms with Crippen LogP contribution in [-0.4, -0.2) is 23.6 Å². The molecule has 0 bridgehead atoms. The molecule has 0 saturated carbocycles. The maximum atomic E-state index is 10.2. The second kappa shape index (κ2) is 8.17. The third-order valence-corrected chi connectivity index (χ3v) is 4.48. The number of phenolic OH excluding ortho intramolecular Hbond substituents is 1. The van der Waals surface area contributed by atoms with Gasteiger partial charge in [-0.05, 0) is 49.2 Å². The molecule has 25 heavy (non-hydrogen) atoms. The molecule has 0 amide bonds. The first-order chi connectivity index (χ1) is 12.2. The number of nitrogens with one attached hydrogen (secondary N) is 1. The predicted octanol–water partition coefficient (Wildman–Crippen LogP) is 4.44. The third kappa shape index (κ3) is 4.20. The topological polar surface area (TPSA) is 53.9 Å². The Bertz CT molecular complexity index is 725. The van der Waals surface area contributed by atoms with Crippen molar-refractivity contribution >= 4 is 5.71 Å². The van der Waals surface area contributed by atoms with Crippen molar-refractivity contribution in [2.24, 2.45) is 4.99 Å². The van der Waals surface area contributed by atoms with Gasteiger partial charge in [-0.1, -0.05) is 31.5 Å². The number of hydrogen-bond donors (Lipinski definition) is 2. The lowest BCUT2D eigenvalue weighted by Gasteiger charge is -2.30. The van der Waals surface area contributed by atoms with Crippen LogP contribution in [0.5, 0.6) is 11.5 Å². The number of nitrogens with zero attached hydrogens (tertiary/aromatic N) is 1. The number of aromatic hydroxyl groups is 1. The fourth-order valence-corrected chi connectivity index (χ4v) is 3.27. The largest absolute Gasteiger partial charge is 0.508 e. The molecule has 0 radical (unpaired) electrons. The van der Waals surface area contributed by atoms with Crippen LogP contribution in [0.25, 0.3) is 0 Å². The van der Waals surface area contributed by atoms with Crippen molar-refractivity contribution in [1.29, 1.82) is 0 Å². The standard InChI is InChI=1S/C21H26N2O2/c1-3-7-21-22-18(15-10-12-16(13-11-15)25-4-2)14-19(23-21)17-8-5-6-9-20(17)24/h5-6,8-13,19,21,23-24H,3-4,7,14H2,1-2H3/t19-,21+/m0/s1. The Kier molecular flexibility index (Phi) is 5.71. The summed E-state index contributed by atoms with van der Waals surface area (Å²) in [5, 5.41) is 13.8. The van der Waals surface area contributed by atoms with E-state index in [2.05, 4.69) is 24.4 Å². The Balaban J connectivity index is 1.87. The summed E-state index contributed by atoms with van der Waals surface area (Å²) < 4.78 is 5.53. The fourth-order valence-electron chi connectivity index (χ4n) is 3.27. The van der Waals surface area contributed by atoms with Crippen molar-refractivity contribution in [1.82, 2.24) is 5.32 Å². The van der Waals surface area contributed by atoms with Crippen LogP contribution in [0.15, 0.2) is 53.5 Å². The molecule has 0 aliphatic carbocycles. The zero-order valence-electron chi connectivity index (χ0n) is 14.9. The lowest BCUT2D eigenvalue weighted by molar-refractivity contribution is 0.340. The smallest absolute Gasteiger partial charge is 0.120 e. The Morgan fingerprint density at radius 1 is 1.12 bits per heavy atom. The molecule has 3 rings (SSSR count). The summed E-state index contributed by atoms with van der Waals surface area (Å²) in [6.07, 6.45) is 2.87. The summed E-state index contributed by atoms with van der Waals surface area (Å²) in [7, 11) is 0. The highest BCUT2D eigenvalue weighted by Crippen LogP contribution is 2.31. The van der Waals surface area contributed by atoms with Crippen LogP contribution in [0.1, 0.15) is 50.3 Å². The summed E-state index contributed by atoms with van der Waals surface area (Å²) in [6, 6.07) is 15.7. The molecule has 2 atom stereocenters. The molecule has 2 aromatic carbocycles. The van der Waals surface area contributed by atoms with Crippen molar-refractivity contribution < 1.29 is 9.84 Å². The normalized spacial score (nSPS) is 20.2. The van der Waals surface area contributed by atoms with Gasteiger partial charge >= 0.3 is 0 Å². The Morgan fingerprint density at radius 2 is 1.88 bits per heavy atom. The fraction of sp³-hybridized carbons (Fsp3) is 0.381. The minimum atomic E-state index is 0.0665. The second-order valence-corrected chi connectivity index (χ2v) is 6.32. The van der Waals surface area contributed by atoms with Crippen LogP contribution in [0, 0.1) is 0 Å². The molecular formula is C21H26N2O2. The van der Waals surface area contributed by atoms with Crippen molar-refractivity contribution in [2.75, 3.05) is 6.61 Å². The number of ether oxygens (including phenoxy) is 1. The van der Waals surface area contributed by atoms with E-state index in [1.807, 2.05) is 37.3 Å². The predicted molar refractivity (Wildman–Crippen MR) is 101 cm³/mol. The summed E-state index contributed by atoms with van der Waals surface area (Å²) in [4.78, 5) is 4.91. The summed E-state index contributed by atoms with van der Waals surface area (Å²) in [5.41, 5.74) is 3.13. The number of aliphatic imine (C=N–C) groups is 1. The second-order valence-electron chi connectivity index (χ2n) is 6.32. The highest BCUT2D eigenvalue weighted by atomic mass is 16.5. The summed E-state index contributed by atoms with van der Waals surface area (Å²) >= 11 is 0. The maximum Gasteiger partial charge on any atom is 0.120 e. The molecule has 1 aliphatic rings. The Morgan fingerprint density at radius 3 is 2.56 bits per heavy atom. The van der Waals surface area contributed by atoms with Gasteiger partial charge in [0.25, 0.3) is 0 Å². The molecule has 0 unspecified atom stereocenters. The van der Waals surface area contributed by atoms with Gasteiger partial charge in [-0.15, -0.1) is 0 Å². The molecule has 0 aromatic heterocycles. The molecule has 0 spiro atoms. The van der Waals surface area contributed by atoms with Gasteiger partial charge in [0.15, 0.2) is 0 Å². The van der Waals surface area contributed by atoms with E-state index in [0.717, 1.165) is 41.9 Å². The minimum absolute atomic E-state index is 0.0665. The van der Waals surface area contributed by atoms with E-state index in [1.54, 1.807) is 6.07 Å². The van der Waals surface area contributed by atoms with Crippen LogP contribution < -0.4 is 10.1 Å². The Labute approximate surface area is 149 Å². The number of para-hydroxylation sites is 1. The average molecular weight is 338 g/mol. The molecule has 132 valence electrons. The summed E-state index contributed by atoms with van der Waals surface area (Å²) in [5.74, 6) is 1.21. The van der Waals surface area contributed by atoms with E-state index in [0.29, 0.717) is 12.4 Å². The van der Waals surface area contributed by atoms with Crippen molar-refractivity contribution in [2.45, 2.75) is 45.3 Å². The zero-order chi connectivity index (χ0) is 17.6. The van der Waals surface area contributed by atoms with Crippen molar-refractivity contribution in [3.63, 3.8) is 0 Å². The van der Waals surface area contributed by atoms with Crippen LogP contribution in [0.2, 0.25) is 0 Å². The molecule has 4 heteroatoms. The molecule has 1 aliphatic heterocycles. The highest BCUT2D eigenvalue weighted by molar-refractivity contribution is 6.01. The maximum absolute atomic E-state index is 10.2. The van der Waals surface area contributed by atoms with Gasteiger partial charge in [0, 0.05) is 23.7 Å². The van der Waals surface area contributed by atoms with Gasteiger partial charge in [0.2, 0.25) is 0 Å². The average Bonchev–Trinajstić information content (AvgIpc) is 2.63. The van der Waals surface area contributed by atoms with Gasteiger partial charge in [-0.2, -0.15) is 0 Å². The van der Waals surface area contributed by atoms with Gasteiger partial charge in [-0.25, -0.2) is 0 Å². The summed E-state index contributed by atoms with van der Waals surface area (Å²) in [6.45, 7) is 4.81. The number of rotatable bonds is 6. The van der Waals surface area contributed by atoms with Crippen LogP contribution >= 0.6 is 0 Å². The zero-order valence-corrected chi connectivity index (χ0v) is 14.9. The van der Waals surface area contributed by atoms with E-state index in [1.165, 1.54) is 0 Å². The van der Waals surface area contributed by atoms with Crippen molar-refractivity contribution in [3.05, 3.63) is 59.7 Å². The lowest BCUT2D eigenvalue weighted by atomic mass is 9.94. The Hall–Kier alpha value is -2.33. The molecule has 1 heterocycles. The monoisotopic (exact) mass is 338 g/mol. The number of benzene rings is 2. The van der Waals surface area contributed by atoms with Gasteiger partial charge in [0.1, 0.15) is 17.7 Å². The molecule has 4 nitrogen and oxygen atoms in total. The first-order valence-electron chi connectivity index (χ1n) is 9.05. The van der Waals surface area contributed by atoms with Crippen LogP contribution in [0.4, 0.5) is 0 Å². The van der Waals surface area contributed by atoms with Gasteiger partial charge < -0.3 is 9.84 Å². The van der Waals surface area contributed by atoms with Crippen molar-refractivity contribution in [3.8, 4) is 11.5 Å². The molecule has 0 fully saturated rings. The van der Waals surface area contributed by atoms with E-state index in [-0.39, 0.29) is 12.2 Å². The number of hydrogen-bond acceptors (Lipinski definition) is 4. The van der Waals surface area contributed by atoms with E-state index >= 15 is 0 Å².